The Kier molecular flexibility index (Phi) is 6.34. The van der Waals surface area contributed by atoms with Gasteiger partial charge in [-0.1, -0.05) is 11.6 Å². The first-order valence-corrected chi connectivity index (χ1v) is 8.96. The van der Waals surface area contributed by atoms with Crippen LogP contribution in [0.25, 0.3) is 0 Å². The molecule has 0 saturated carbocycles. The maximum absolute atomic E-state index is 13.9. The first-order valence-electron chi connectivity index (χ1n) is 8.21. The van der Waals surface area contributed by atoms with E-state index in [1.54, 1.807) is 0 Å². The third-order valence-electron chi connectivity index (χ3n) is 3.91. The third-order valence-corrected chi connectivity index (χ3v) is 4.31. The minimum atomic E-state index is -4.71. The second-order valence-electron chi connectivity index (χ2n) is 5.98. The molecule has 1 aliphatic heterocycles. The van der Waals surface area contributed by atoms with Crippen molar-refractivity contribution in [3.8, 4) is 17.7 Å². The topological polar surface area (TPSA) is 83.6 Å². The van der Waals surface area contributed by atoms with E-state index in [9.17, 15) is 13.2 Å². The fourth-order valence-corrected chi connectivity index (χ4v) is 3.08. The molecule has 0 radical (unpaired) electrons. The molecule has 0 spiro atoms. The van der Waals surface area contributed by atoms with Gasteiger partial charge in [0.25, 0.3) is 0 Å². The Morgan fingerprint density at radius 3 is 2.70 bits per heavy atom. The van der Waals surface area contributed by atoms with Gasteiger partial charge in [-0.2, -0.15) is 23.4 Å². The maximum atomic E-state index is 13.9. The lowest BCUT2D eigenvalue weighted by molar-refractivity contribution is -0.170. The van der Waals surface area contributed by atoms with E-state index in [0.29, 0.717) is 0 Å². The molecule has 3 rings (SSSR count). The Balaban J connectivity index is 1.92. The smallest absolute Gasteiger partial charge is 0.416 e. The van der Waals surface area contributed by atoms with Gasteiger partial charge < -0.3 is 14.4 Å². The van der Waals surface area contributed by atoms with Gasteiger partial charge in [0.15, 0.2) is 11.8 Å². The van der Waals surface area contributed by atoms with Crippen LogP contribution in [0.3, 0.4) is 0 Å². The predicted octanol–water partition coefficient (Wildman–Crippen LogP) is 4.36. The number of hydrogen-bond donors (Lipinski definition) is 0. The zero-order valence-electron chi connectivity index (χ0n) is 15.2. The van der Waals surface area contributed by atoms with E-state index in [2.05, 4.69) is 15.0 Å². The molecule has 12 heteroatoms. The summed E-state index contributed by atoms with van der Waals surface area (Å²) in [5.41, 5.74) is 0.402. The van der Waals surface area contributed by atoms with Crippen LogP contribution in [0.2, 0.25) is 10.3 Å². The summed E-state index contributed by atoms with van der Waals surface area (Å²) >= 11 is 11.6. The standard InChI is InChI=1S/C18H12Cl2F3N5O2/c1-29-16-11(6-26-17(20)27-16)8-28-9-25-7-14(15(28)18(21,22)23)30-13-3-10(5-24)2-12(19)4-13/h2-4,6-7,9,15H,8H2,1H3. The highest BCUT2D eigenvalue weighted by Gasteiger charge is 2.48. The van der Waals surface area contributed by atoms with E-state index in [1.807, 2.05) is 6.07 Å². The Bertz CT molecular complexity index is 1050. The molecule has 7 nitrogen and oxygen atoms in total. The molecule has 0 amide bonds. The first-order chi connectivity index (χ1) is 14.2. The number of hydrogen-bond acceptors (Lipinski definition) is 7. The van der Waals surface area contributed by atoms with Crippen LogP contribution in [-0.2, 0) is 6.54 Å². The number of alkyl halides is 3. The lowest BCUT2D eigenvalue weighted by atomic mass is 10.1. The van der Waals surface area contributed by atoms with Crippen LogP contribution in [0.5, 0.6) is 11.6 Å². The van der Waals surface area contributed by atoms with Crippen LogP contribution in [0.1, 0.15) is 11.1 Å². The zero-order chi connectivity index (χ0) is 21.9. The zero-order valence-corrected chi connectivity index (χ0v) is 16.7. The summed E-state index contributed by atoms with van der Waals surface area (Å²) in [7, 11) is 1.31. The number of aliphatic imine (C=N–C) groups is 1. The molecule has 156 valence electrons. The summed E-state index contributed by atoms with van der Waals surface area (Å²) in [6.07, 6.45) is -1.46. The lowest BCUT2D eigenvalue weighted by Crippen LogP contribution is -2.48. The molecule has 1 aromatic carbocycles. The first kappa shape index (κ1) is 21.7. The highest BCUT2D eigenvalue weighted by Crippen LogP contribution is 2.35. The van der Waals surface area contributed by atoms with Gasteiger partial charge in [0.1, 0.15) is 5.75 Å². The normalized spacial score (nSPS) is 16.1. The quantitative estimate of drug-likeness (QED) is 0.620. The van der Waals surface area contributed by atoms with Gasteiger partial charge in [-0.15, -0.1) is 0 Å². The second-order valence-corrected chi connectivity index (χ2v) is 6.75. The lowest BCUT2D eigenvalue weighted by Gasteiger charge is -2.34. The summed E-state index contributed by atoms with van der Waals surface area (Å²) in [5, 5.41) is 9.07. The second kappa shape index (κ2) is 8.77. The molecule has 2 aromatic rings. The van der Waals surface area contributed by atoms with Crippen molar-refractivity contribution in [2.24, 2.45) is 4.99 Å². The van der Waals surface area contributed by atoms with Crippen molar-refractivity contribution >= 4 is 29.5 Å². The molecule has 0 bridgehead atoms. The van der Waals surface area contributed by atoms with Crippen molar-refractivity contribution in [3.05, 3.63) is 57.8 Å². The van der Waals surface area contributed by atoms with E-state index in [4.69, 9.17) is 37.9 Å². The molecule has 1 unspecified atom stereocenters. The number of halogens is 5. The van der Waals surface area contributed by atoms with Gasteiger partial charge >= 0.3 is 6.18 Å². The van der Waals surface area contributed by atoms with Gasteiger partial charge in [0.2, 0.25) is 11.2 Å². The summed E-state index contributed by atoms with van der Waals surface area (Å²) in [4.78, 5) is 12.4. The number of benzene rings is 1. The van der Waals surface area contributed by atoms with Crippen LogP contribution < -0.4 is 9.47 Å². The molecule has 30 heavy (non-hydrogen) atoms. The maximum Gasteiger partial charge on any atom is 0.416 e. The number of methoxy groups -OCH3 is 1. The van der Waals surface area contributed by atoms with Crippen molar-refractivity contribution in [2.75, 3.05) is 7.11 Å². The average Bonchev–Trinajstić information content (AvgIpc) is 2.68. The van der Waals surface area contributed by atoms with Gasteiger partial charge in [-0.05, 0) is 29.8 Å². The third kappa shape index (κ3) is 4.93. The van der Waals surface area contributed by atoms with E-state index < -0.39 is 18.0 Å². The highest BCUT2D eigenvalue weighted by atomic mass is 35.5. The van der Waals surface area contributed by atoms with E-state index in [1.165, 1.54) is 31.5 Å². The predicted molar refractivity (Wildman–Crippen MR) is 102 cm³/mol. The molecular weight excluding hydrogens is 446 g/mol. The van der Waals surface area contributed by atoms with Crippen molar-refractivity contribution in [2.45, 2.75) is 18.8 Å². The SMILES string of the molecule is COc1nc(Cl)ncc1CN1C=NC=C(Oc2cc(Cl)cc(C#N)c2)C1C(F)(F)F. The minimum absolute atomic E-state index is 0.0241. The average molecular weight is 458 g/mol. The van der Waals surface area contributed by atoms with Crippen LogP contribution >= 0.6 is 23.2 Å². The van der Waals surface area contributed by atoms with E-state index in [0.717, 1.165) is 17.4 Å². The summed E-state index contributed by atoms with van der Waals surface area (Å²) in [6, 6.07) is 3.63. The summed E-state index contributed by atoms with van der Waals surface area (Å²) in [5.74, 6) is -0.483. The molecule has 0 N–H and O–H groups in total. The molecule has 2 heterocycles. The van der Waals surface area contributed by atoms with Crippen LogP contribution in [0.4, 0.5) is 13.2 Å². The van der Waals surface area contributed by atoms with Crippen LogP contribution in [-0.4, -0.2) is 40.5 Å². The number of nitriles is 1. The molecule has 1 atom stereocenters. The van der Waals surface area contributed by atoms with Gasteiger partial charge in [0.05, 0.1) is 43.4 Å². The largest absolute Gasteiger partial charge is 0.481 e. The van der Waals surface area contributed by atoms with Gasteiger partial charge in [0, 0.05) is 11.2 Å². The summed E-state index contributed by atoms with van der Waals surface area (Å²) in [6.45, 7) is -0.284. The highest BCUT2D eigenvalue weighted by molar-refractivity contribution is 6.30. The van der Waals surface area contributed by atoms with Gasteiger partial charge in [-0.3, -0.25) is 0 Å². The summed E-state index contributed by atoms with van der Waals surface area (Å²) < 4.78 is 52.3. The number of rotatable bonds is 5. The van der Waals surface area contributed by atoms with Crippen molar-refractivity contribution in [3.63, 3.8) is 0 Å². The van der Waals surface area contributed by atoms with Crippen LogP contribution in [0.15, 0.2) is 41.3 Å². The van der Waals surface area contributed by atoms with Crippen LogP contribution in [0, 0.1) is 11.3 Å². The fourth-order valence-electron chi connectivity index (χ4n) is 2.73. The molecular formula is C18H12Cl2F3N5O2. The Labute approximate surface area is 179 Å². The van der Waals surface area contributed by atoms with E-state index >= 15 is 0 Å². The monoisotopic (exact) mass is 457 g/mol. The molecule has 1 aromatic heterocycles. The Morgan fingerprint density at radius 1 is 1.27 bits per heavy atom. The molecule has 1 aliphatic rings. The fraction of sp³-hybridized carbons (Fsp3) is 0.222. The minimum Gasteiger partial charge on any atom is -0.481 e. The molecule has 0 saturated heterocycles. The Hall–Kier alpha value is -3.03. The van der Waals surface area contributed by atoms with Crippen molar-refractivity contribution in [1.82, 2.24) is 14.9 Å². The van der Waals surface area contributed by atoms with Gasteiger partial charge in [-0.25, -0.2) is 9.98 Å². The van der Waals surface area contributed by atoms with E-state index in [-0.39, 0.29) is 39.6 Å². The number of nitrogens with zero attached hydrogens (tertiary/aromatic N) is 5. The van der Waals surface area contributed by atoms with Crippen molar-refractivity contribution in [1.29, 1.82) is 5.26 Å². The molecule has 0 fully saturated rings. The number of aromatic nitrogens is 2. The number of ether oxygens (including phenoxy) is 2. The Morgan fingerprint density at radius 2 is 2.03 bits per heavy atom. The van der Waals surface area contributed by atoms with Crippen molar-refractivity contribution < 1.29 is 22.6 Å². The molecule has 0 aliphatic carbocycles.